The number of nitrogen functional groups attached to an aromatic ring is 1. The van der Waals surface area contributed by atoms with Gasteiger partial charge in [-0.2, -0.15) is 0 Å². The minimum Gasteiger partial charge on any atom is -0.508 e. The average Bonchev–Trinajstić information content (AvgIpc) is 3.96. The summed E-state index contributed by atoms with van der Waals surface area (Å²) in [5, 5.41) is 61.9. The van der Waals surface area contributed by atoms with E-state index in [1.807, 2.05) is 32.2 Å². The summed E-state index contributed by atoms with van der Waals surface area (Å²) in [4.78, 5) is 39.2. The van der Waals surface area contributed by atoms with Crippen LogP contribution in [0.1, 0.15) is 147 Å². The third kappa shape index (κ3) is 7.13. The predicted molar refractivity (Wildman–Crippen MR) is 263 cm³/mol. The third-order valence-corrected chi connectivity index (χ3v) is 17.7. The van der Waals surface area contributed by atoms with E-state index < -0.39 is 70.8 Å². The van der Waals surface area contributed by atoms with Crippen LogP contribution >= 0.6 is 0 Å². The smallest absolute Gasteiger partial charge is 0.337 e. The maximum absolute atomic E-state index is 15.0. The van der Waals surface area contributed by atoms with Crippen LogP contribution in [-0.2, 0) is 41.8 Å². The highest BCUT2D eigenvalue weighted by atomic mass is 16.6. The van der Waals surface area contributed by atoms with Crippen LogP contribution in [0.2, 0.25) is 0 Å². The number of ether oxygens (including phenoxy) is 2. The molecule has 11 rings (SSSR count). The molecule has 2 aromatic carbocycles. The maximum Gasteiger partial charge on any atom is 0.337 e. The van der Waals surface area contributed by atoms with Crippen molar-refractivity contribution in [3.05, 3.63) is 121 Å². The molecule has 14 heteroatoms. The number of pyridine rings is 2. The number of hydrogen-bond donors (Lipinski definition) is 7. The summed E-state index contributed by atoms with van der Waals surface area (Å²) in [6.07, 6.45) is 12.6. The van der Waals surface area contributed by atoms with Crippen LogP contribution in [0.4, 0.5) is 11.6 Å². The summed E-state index contributed by atoms with van der Waals surface area (Å²) in [5.74, 6) is -2.42. The first-order valence-corrected chi connectivity index (χ1v) is 25.4. The van der Waals surface area contributed by atoms with Crippen molar-refractivity contribution in [1.29, 1.82) is 0 Å². The number of fused-ring (bicyclic) bond motifs is 10. The standard InChI is InChI=1S/C56H64N4O10/c1-4-39(56(67)17-8-9-18-56)53(66)69-42-24-37-49(65)46-41(64)23-33(27-61)68-51(46)47-44-35-14-19-59-52(57)45(35)48(55(15-6-7-16-55)25-30-10-12-32(63)22-36(30)38(44)28-62)34-13-11-29-21-43(58-5-2)60-26-31(29)20-40(34)54(42,3)70-50(37)47/h4,10,12,14,19,21-23,26,34,38,40,42,44,48,61-63,65,67H,5-9,11,13,15-18,20,24-25,27-28H2,1-3H3,(H2,57,59)(H,58,60). The molecule has 368 valence electrons. The van der Waals surface area contributed by atoms with Crippen molar-refractivity contribution in [2.75, 3.05) is 24.2 Å². The van der Waals surface area contributed by atoms with Crippen LogP contribution in [0.15, 0.2) is 69.7 Å². The van der Waals surface area contributed by atoms with Gasteiger partial charge in [0.25, 0.3) is 0 Å². The van der Waals surface area contributed by atoms with E-state index in [9.17, 15) is 35.1 Å². The van der Waals surface area contributed by atoms with Gasteiger partial charge < -0.3 is 50.5 Å². The molecule has 2 fully saturated rings. The molecule has 2 aliphatic heterocycles. The van der Waals surface area contributed by atoms with Gasteiger partial charge in [-0.15, -0.1) is 0 Å². The molecule has 0 amide bonds. The lowest BCUT2D eigenvalue weighted by Crippen LogP contribution is -2.60. The van der Waals surface area contributed by atoms with Crippen LogP contribution in [0.3, 0.4) is 0 Å². The van der Waals surface area contributed by atoms with Crippen molar-refractivity contribution in [2.45, 2.75) is 146 Å². The molecular formula is C56H64N4O10. The summed E-state index contributed by atoms with van der Waals surface area (Å²) in [7, 11) is 0. The van der Waals surface area contributed by atoms with Gasteiger partial charge in [-0.3, -0.25) is 4.79 Å². The molecule has 6 aliphatic rings. The molecule has 5 aromatic rings. The van der Waals surface area contributed by atoms with E-state index in [2.05, 4.69) is 11.4 Å². The Morgan fingerprint density at radius 1 is 0.971 bits per heavy atom. The number of nitrogens with one attached hydrogen (secondary N) is 1. The Hall–Kier alpha value is -5.96. The molecule has 14 nitrogen and oxygen atoms in total. The van der Waals surface area contributed by atoms with Crippen molar-refractivity contribution in [3.63, 3.8) is 0 Å². The van der Waals surface area contributed by atoms with Crippen molar-refractivity contribution in [1.82, 2.24) is 9.97 Å². The molecule has 0 saturated heterocycles. The highest BCUT2D eigenvalue weighted by Crippen LogP contribution is 2.65. The van der Waals surface area contributed by atoms with Gasteiger partial charge >= 0.3 is 5.97 Å². The largest absolute Gasteiger partial charge is 0.508 e. The summed E-state index contributed by atoms with van der Waals surface area (Å²) in [6.45, 7) is 5.44. The van der Waals surface area contributed by atoms with E-state index in [1.54, 1.807) is 31.3 Å². The Labute approximate surface area is 407 Å². The van der Waals surface area contributed by atoms with Gasteiger partial charge in [-0.1, -0.05) is 37.8 Å². The number of esters is 1. The molecule has 70 heavy (non-hydrogen) atoms. The minimum atomic E-state index is -1.39. The number of anilines is 2. The first kappa shape index (κ1) is 46.4. The zero-order chi connectivity index (χ0) is 48.9. The topological polar surface area (TPSA) is 231 Å². The van der Waals surface area contributed by atoms with E-state index in [4.69, 9.17) is 29.6 Å². The molecule has 2 saturated carbocycles. The van der Waals surface area contributed by atoms with Gasteiger partial charge in [-0.05, 0) is 141 Å². The maximum atomic E-state index is 15.0. The summed E-state index contributed by atoms with van der Waals surface area (Å²) in [5.41, 5.74) is 9.80. The normalized spacial score (nSPS) is 27.2. The number of aromatic hydroxyl groups is 2. The van der Waals surface area contributed by atoms with E-state index in [0.29, 0.717) is 56.5 Å². The van der Waals surface area contributed by atoms with E-state index in [1.165, 1.54) is 0 Å². The zero-order valence-electron chi connectivity index (χ0n) is 40.2. The van der Waals surface area contributed by atoms with E-state index >= 15 is 0 Å². The Morgan fingerprint density at radius 3 is 2.47 bits per heavy atom. The van der Waals surface area contributed by atoms with Crippen LogP contribution in [0.5, 0.6) is 17.2 Å². The number of nitrogens with two attached hydrogens (primary N) is 1. The van der Waals surface area contributed by atoms with Gasteiger partial charge in [-0.25, -0.2) is 14.8 Å². The van der Waals surface area contributed by atoms with Crippen LogP contribution in [0.25, 0.3) is 11.0 Å². The number of aliphatic hydroxyl groups excluding tert-OH is 2. The summed E-state index contributed by atoms with van der Waals surface area (Å²) < 4.78 is 21.2. The predicted octanol–water partition coefficient (Wildman–Crippen LogP) is 7.90. The quantitative estimate of drug-likeness (QED) is 0.0608. The number of aryl methyl sites for hydroxylation is 1. The number of rotatable bonds is 7. The zero-order valence-corrected chi connectivity index (χ0v) is 40.2. The van der Waals surface area contributed by atoms with Crippen LogP contribution in [0, 0.1) is 17.3 Å². The van der Waals surface area contributed by atoms with Gasteiger partial charge in [0.1, 0.15) is 63.9 Å². The van der Waals surface area contributed by atoms with Gasteiger partial charge in [0.05, 0.1) is 17.8 Å². The SMILES string of the molecule is CC=C(C(=O)OC1Cc2c3c(c4oc(CO)cc(=O)c4c2O)C2c4ccnc(N)c4C(C4CCc5cc(NCC)ncc5CC4C1(C)O3)C1(CCCC1)Cc1ccc(O)cc1C2CO)C1(O)CCCC1. The highest BCUT2D eigenvalue weighted by Gasteiger charge is 2.60. The Bertz CT molecular complexity index is 3010. The first-order valence-electron chi connectivity index (χ1n) is 25.4. The molecule has 7 atom stereocenters. The lowest BCUT2D eigenvalue weighted by atomic mass is 9.55. The molecule has 1 spiro atoms. The molecule has 7 unspecified atom stereocenters. The number of aromatic nitrogens is 2. The van der Waals surface area contributed by atoms with Crippen LogP contribution in [-0.4, -0.2) is 71.9 Å². The number of benzene rings is 2. The number of carbonyl (C=O) groups is 1. The number of phenols is 2. The average molecular weight is 953 g/mol. The molecular weight excluding hydrogens is 889 g/mol. The molecule has 4 aliphatic carbocycles. The van der Waals surface area contributed by atoms with Crippen LogP contribution < -0.4 is 21.2 Å². The Morgan fingerprint density at radius 2 is 1.74 bits per heavy atom. The number of aliphatic hydroxyl groups is 3. The molecule has 0 radical (unpaired) electrons. The lowest BCUT2D eigenvalue weighted by molar-refractivity contribution is -0.171. The summed E-state index contributed by atoms with van der Waals surface area (Å²) in [6, 6.07) is 10.7. The second-order valence-electron chi connectivity index (χ2n) is 21.3. The first-order chi connectivity index (χ1) is 33.8. The molecule has 5 heterocycles. The van der Waals surface area contributed by atoms with E-state index in [0.717, 1.165) is 83.8 Å². The number of hydrogen-bond acceptors (Lipinski definition) is 14. The Kier molecular flexibility index (Phi) is 11.5. The van der Waals surface area contributed by atoms with E-state index in [-0.39, 0.29) is 57.6 Å². The second kappa shape index (κ2) is 17.4. The number of phenolic OH excluding ortho intramolecular Hbond substituents is 2. The minimum absolute atomic E-state index is 0.0217. The number of carbonyl (C=O) groups excluding carboxylic acids is 1. The fourth-order valence-electron chi connectivity index (χ4n) is 14.6. The molecule has 8 N–H and O–H groups in total. The number of nitrogens with zero attached hydrogens (tertiary/aromatic N) is 2. The summed E-state index contributed by atoms with van der Waals surface area (Å²) >= 11 is 0. The van der Waals surface area contributed by atoms with Crippen molar-refractivity contribution < 1.29 is 44.2 Å². The van der Waals surface area contributed by atoms with Gasteiger partial charge in [0.2, 0.25) is 0 Å². The monoisotopic (exact) mass is 952 g/mol. The van der Waals surface area contributed by atoms with Crippen molar-refractivity contribution >= 4 is 28.6 Å². The fraction of sp³-hybridized carbons (Fsp3) is 0.500. The molecule has 4 bridgehead atoms. The third-order valence-electron chi connectivity index (χ3n) is 17.7. The molecule has 3 aromatic heterocycles. The van der Waals surface area contributed by atoms with Crippen molar-refractivity contribution in [2.24, 2.45) is 17.3 Å². The Balaban J connectivity index is 1.29. The van der Waals surface area contributed by atoms with Gasteiger partial charge in [0, 0.05) is 65.9 Å². The second-order valence-corrected chi connectivity index (χ2v) is 21.3. The van der Waals surface area contributed by atoms with Crippen molar-refractivity contribution in [3.8, 4) is 17.2 Å². The fourth-order valence-corrected chi connectivity index (χ4v) is 14.6. The number of allylic oxidation sites excluding steroid dienone is 1. The lowest BCUT2D eigenvalue weighted by Gasteiger charge is -2.54. The highest BCUT2D eigenvalue weighted by molar-refractivity contribution is 5.93. The van der Waals surface area contributed by atoms with Gasteiger partial charge in [0.15, 0.2) is 5.43 Å².